The Kier molecular flexibility index (Phi) is 4.41. The molecule has 1 saturated heterocycles. The van der Waals surface area contributed by atoms with Gasteiger partial charge in [0.15, 0.2) is 0 Å². The van der Waals surface area contributed by atoms with E-state index in [0.717, 1.165) is 18.8 Å². The van der Waals surface area contributed by atoms with Gasteiger partial charge in [-0.05, 0) is 39.8 Å². The highest BCUT2D eigenvalue weighted by Gasteiger charge is 2.32. The Balaban J connectivity index is 2.02. The molecule has 6 nitrogen and oxygen atoms in total. The van der Waals surface area contributed by atoms with E-state index in [2.05, 4.69) is 47.5 Å². The van der Waals surface area contributed by atoms with Gasteiger partial charge in [0, 0.05) is 43.6 Å². The number of carbonyl (C=O) groups is 1. The van der Waals surface area contributed by atoms with Gasteiger partial charge in [-0.2, -0.15) is 0 Å². The monoisotopic (exact) mass is 328 g/mol. The molecule has 1 aliphatic rings. The SMILES string of the molecule is CC(C)N1[C@H](C)CN(c2ccc(C(=O)O)c3nccnc23)C[C@@H]1C. The zero-order chi connectivity index (χ0) is 17.4. The van der Waals surface area contributed by atoms with Gasteiger partial charge in [-0.3, -0.25) is 14.9 Å². The Bertz CT molecular complexity index is 750. The minimum atomic E-state index is -0.974. The summed E-state index contributed by atoms with van der Waals surface area (Å²) >= 11 is 0. The van der Waals surface area contributed by atoms with Crippen LogP contribution in [0.25, 0.3) is 11.0 Å². The molecule has 0 amide bonds. The lowest BCUT2D eigenvalue weighted by Gasteiger charge is -2.47. The molecular weight excluding hydrogens is 304 g/mol. The van der Waals surface area contributed by atoms with Gasteiger partial charge in [0.1, 0.15) is 11.0 Å². The van der Waals surface area contributed by atoms with Gasteiger partial charge in [0.25, 0.3) is 0 Å². The summed E-state index contributed by atoms with van der Waals surface area (Å²) in [6.07, 6.45) is 3.16. The Morgan fingerprint density at radius 2 is 1.71 bits per heavy atom. The standard InChI is InChI=1S/C18H24N4O2/c1-11(2)22-12(3)9-21(10-13(22)4)15-6-5-14(18(23)24)16-17(15)20-8-7-19-16/h5-8,11-13H,9-10H2,1-4H3,(H,23,24)/t12-,13+. The second kappa shape index (κ2) is 6.36. The van der Waals surface area contributed by atoms with Gasteiger partial charge >= 0.3 is 5.97 Å². The van der Waals surface area contributed by atoms with E-state index in [1.165, 1.54) is 0 Å². The molecule has 128 valence electrons. The van der Waals surface area contributed by atoms with Crippen LogP contribution in [0.4, 0.5) is 5.69 Å². The van der Waals surface area contributed by atoms with Crippen LogP contribution in [0.1, 0.15) is 38.1 Å². The van der Waals surface area contributed by atoms with Crippen molar-refractivity contribution in [1.29, 1.82) is 0 Å². The van der Waals surface area contributed by atoms with E-state index in [9.17, 15) is 9.90 Å². The zero-order valence-corrected chi connectivity index (χ0v) is 14.6. The molecule has 0 aliphatic carbocycles. The van der Waals surface area contributed by atoms with Crippen LogP contribution in [-0.4, -0.2) is 57.2 Å². The molecular formula is C18H24N4O2. The van der Waals surface area contributed by atoms with E-state index < -0.39 is 5.97 Å². The smallest absolute Gasteiger partial charge is 0.337 e. The molecule has 1 aromatic carbocycles. The van der Waals surface area contributed by atoms with Crippen LogP contribution in [0.3, 0.4) is 0 Å². The maximum atomic E-state index is 11.4. The van der Waals surface area contributed by atoms with E-state index in [4.69, 9.17) is 0 Å². The molecule has 0 bridgehead atoms. The van der Waals surface area contributed by atoms with E-state index in [1.807, 2.05) is 6.07 Å². The fourth-order valence-electron chi connectivity index (χ4n) is 4.02. The van der Waals surface area contributed by atoms with Crippen molar-refractivity contribution in [3.63, 3.8) is 0 Å². The Labute approximate surface area is 142 Å². The van der Waals surface area contributed by atoms with Crippen LogP contribution < -0.4 is 4.90 Å². The molecule has 1 fully saturated rings. The summed E-state index contributed by atoms with van der Waals surface area (Å²) in [5.74, 6) is -0.974. The van der Waals surface area contributed by atoms with Crippen molar-refractivity contribution < 1.29 is 9.90 Å². The number of aromatic carboxylic acids is 1. The van der Waals surface area contributed by atoms with Gasteiger partial charge in [0.05, 0.1) is 11.3 Å². The fourth-order valence-corrected chi connectivity index (χ4v) is 4.02. The number of hydrogen-bond donors (Lipinski definition) is 1. The lowest BCUT2D eigenvalue weighted by molar-refractivity contribution is 0.0698. The van der Waals surface area contributed by atoms with Crippen molar-refractivity contribution in [2.24, 2.45) is 0 Å². The maximum absolute atomic E-state index is 11.4. The second-order valence-electron chi connectivity index (χ2n) is 6.83. The lowest BCUT2D eigenvalue weighted by Crippen LogP contribution is -2.59. The van der Waals surface area contributed by atoms with Crippen molar-refractivity contribution in [3.8, 4) is 0 Å². The highest BCUT2D eigenvalue weighted by molar-refractivity contribution is 6.04. The second-order valence-corrected chi connectivity index (χ2v) is 6.83. The molecule has 6 heteroatoms. The third-order valence-corrected chi connectivity index (χ3v) is 4.76. The van der Waals surface area contributed by atoms with Crippen molar-refractivity contribution in [2.45, 2.75) is 45.8 Å². The van der Waals surface area contributed by atoms with Gasteiger partial charge in [-0.1, -0.05) is 0 Å². The third kappa shape index (κ3) is 2.82. The molecule has 0 saturated carbocycles. The Hall–Kier alpha value is -2.21. The number of fused-ring (bicyclic) bond motifs is 1. The number of benzene rings is 1. The van der Waals surface area contributed by atoms with Crippen LogP contribution in [0.5, 0.6) is 0 Å². The van der Waals surface area contributed by atoms with Crippen molar-refractivity contribution in [2.75, 3.05) is 18.0 Å². The van der Waals surface area contributed by atoms with Crippen LogP contribution in [0.2, 0.25) is 0 Å². The van der Waals surface area contributed by atoms with E-state index in [1.54, 1.807) is 18.5 Å². The Morgan fingerprint density at radius 3 is 2.25 bits per heavy atom. The van der Waals surface area contributed by atoms with E-state index >= 15 is 0 Å². The average molecular weight is 328 g/mol. The number of piperazine rings is 1. The highest BCUT2D eigenvalue weighted by Crippen LogP contribution is 2.30. The molecule has 1 aromatic heterocycles. The number of hydrogen-bond acceptors (Lipinski definition) is 5. The first kappa shape index (κ1) is 16.6. The highest BCUT2D eigenvalue weighted by atomic mass is 16.4. The largest absolute Gasteiger partial charge is 0.478 e. The van der Waals surface area contributed by atoms with Gasteiger partial charge < -0.3 is 10.0 Å². The summed E-state index contributed by atoms with van der Waals surface area (Å²) in [6.45, 7) is 10.7. The minimum absolute atomic E-state index is 0.198. The molecule has 0 unspecified atom stereocenters. The summed E-state index contributed by atoms with van der Waals surface area (Å²) < 4.78 is 0. The summed E-state index contributed by atoms with van der Waals surface area (Å²) in [5.41, 5.74) is 2.28. The topological polar surface area (TPSA) is 69.6 Å². The first-order valence-electron chi connectivity index (χ1n) is 8.39. The molecule has 2 atom stereocenters. The maximum Gasteiger partial charge on any atom is 0.337 e. The van der Waals surface area contributed by atoms with Crippen molar-refractivity contribution in [1.82, 2.24) is 14.9 Å². The number of carboxylic acid groups (broad SMARTS) is 1. The molecule has 0 spiro atoms. The zero-order valence-electron chi connectivity index (χ0n) is 14.6. The first-order chi connectivity index (χ1) is 11.4. The van der Waals surface area contributed by atoms with E-state index in [0.29, 0.717) is 29.2 Å². The number of anilines is 1. The molecule has 3 rings (SSSR count). The minimum Gasteiger partial charge on any atom is -0.478 e. The molecule has 1 aliphatic heterocycles. The quantitative estimate of drug-likeness (QED) is 0.934. The number of rotatable bonds is 3. The van der Waals surface area contributed by atoms with Gasteiger partial charge in [0.2, 0.25) is 0 Å². The van der Waals surface area contributed by atoms with Crippen LogP contribution in [-0.2, 0) is 0 Å². The fraction of sp³-hybridized carbons (Fsp3) is 0.500. The number of aromatic nitrogens is 2. The first-order valence-corrected chi connectivity index (χ1v) is 8.39. The van der Waals surface area contributed by atoms with Gasteiger partial charge in [-0.25, -0.2) is 4.79 Å². The molecule has 2 heterocycles. The predicted molar refractivity (Wildman–Crippen MR) is 94.6 cm³/mol. The van der Waals surface area contributed by atoms with Crippen molar-refractivity contribution in [3.05, 3.63) is 30.1 Å². The van der Waals surface area contributed by atoms with E-state index in [-0.39, 0.29) is 5.56 Å². The van der Waals surface area contributed by atoms with Crippen molar-refractivity contribution >= 4 is 22.7 Å². The summed E-state index contributed by atoms with van der Waals surface area (Å²) in [7, 11) is 0. The number of carboxylic acids is 1. The molecule has 2 aromatic rings. The summed E-state index contributed by atoms with van der Waals surface area (Å²) in [4.78, 5) is 24.9. The van der Waals surface area contributed by atoms with Crippen LogP contribution in [0.15, 0.2) is 24.5 Å². The van der Waals surface area contributed by atoms with Gasteiger partial charge in [-0.15, -0.1) is 0 Å². The molecule has 0 radical (unpaired) electrons. The molecule has 1 N–H and O–H groups in total. The predicted octanol–water partition coefficient (Wildman–Crippen LogP) is 2.64. The Morgan fingerprint density at radius 1 is 1.12 bits per heavy atom. The average Bonchev–Trinajstić information content (AvgIpc) is 2.52. The molecule has 24 heavy (non-hydrogen) atoms. The lowest BCUT2D eigenvalue weighted by atomic mass is 10.0. The number of nitrogens with zero attached hydrogens (tertiary/aromatic N) is 4. The summed E-state index contributed by atoms with van der Waals surface area (Å²) in [6, 6.07) is 4.84. The normalized spacial score (nSPS) is 22.3. The summed E-state index contributed by atoms with van der Waals surface area (Å²) in [5, 5.41) is 9.38. The third-order valence-electron chi connectivity index (χ3n) is 4.76. The van der Waals surface area contributed by atoms with Crippen LogP contribution >= 0.6 is 0 Å². The van der Waals surface area contributed by atoms with Crippen LogP contribution in [0, 0.1) is 0 Å².